The molecule has 1 saturated carbocycles. The molecule has 2 nitrogen and oxygen atoms in total. The van der Waals surface area contributed by atoms with Gasteiger partial charge in [-0.05, 0) is 30.4 Å². The summed E-state index contributed by atoms with van der Waals surface area (Å²) in [5.41, 5.74) is 1.01. The number of carbonyl (C=O) groups excluding carboxylic acids is 1. The number of carbonyl (C=O) groups is 1. The maximum absolute atomic E-state index is 12.0. The predicted molar refractivity (Wildman–Crippen MR) is 78.1 cm³/mol. The van der Waals surface area contributed by atoms with E-state index in [1.54, 1.807) is 0 Å². The first kappa shape index (κ1) is 13.6. The highest BCUT2D eigenvalue weighted by atomic mass is 79.9. The Labute approximate surface area is 117 Å². The highest BCUT2D eigenvalue weighted by Gasteiger charge is 2.31. The van der Waals surface area contributed by atoms with Gasteiger partial charge in [0.15, 0.2) is 0 Å². The van der Waals surface area contributed by atoms with Crippen molar-refractivity contribution >= 4 is 21.8 Å². The van der Waals surface area contributed by atoms with E-state index in [0.29, 0.717) is 0 Å². The van der Waals surface area contributed by atoms with Gasteiger partial charge in [-0.1, -0.05) is 53.4 Å². The molecular weight excluding hydrogens is 290 g/mol. The summed E-state index contributed by atoms with van der Waals surface area (Å²) in [6.45, 7) is 0.784. The fourth-order valence-electron chi connectivity index (χ4n) is 2.62. The van der Waals surface area contributed by atoms with Crippen LogP contribution in [0.25, 0.3) is 0 Å². The van der Waals surface area contributed by atoms with E-state index in [0.717, 1.165) is 17.4 Å². The standard InChI is InChI=1S/C15H20BrNO/c16-11-15(9-5-2-6-10-15)12-17-14(18)13-7-3-1-4-8-13/h1,3-4,7-8H,2,5-6,9-12H2,(H,17,18). The third-order valence-corrected chi connectivity index (χ3v) is 5.05. The van der Waals surface area contributed by atoms with Gasteiger partial charge in [-0.3, -0.25) is 4.79 Å². The molecule has 3 heteroatoms. The molecular formula is C15H20BrNO. The second-order valence-corrected chi connectivity index (χ2v) is 5.80. The zero-order valence-electron chi connectivity index (χ0n) is 10.6. The van der Waals surface area contributed by atoms with Crippen LogP contribution >= 0.6 is 15.9 Å². The van der Waals surface area contributed by atoms with Crippen molar-refractivity contribution in [3.05, 3.63) is 35.9 Å². The minimum Gasteiger partial charge on any atom is -0.351 e. The molecule has 2 rings (SSSR count). The summed E-state index contributed by atoms with van der Waals surface area (Å²) in [5.74, 6) is 0.0431. The average molecular weight is 310 g/mol. The Bertz CT molecular complexity index is 385. The zero-order chi connectivity index (χ0) is 12.8. The van der Waals surface area contributed by atoms with Gasteiger partial charge < -0.3 is 5.32 Å². The minimum absolute atomic E-state index is 0.0431. The highest BCUT2D eigenvalue weighted by Crippen LogP contribution is 2.37. The normalized spacial score (nSPS) is 18.3. The summed E-state index contributed by atoms with van der Waals surface area (Å²) < 4.78 is 0. The predicted octanol–water partition coefficient (Wildman–Crippen LogP) is 3.76. The van der Waals surface area contributed by atoms with Gasteiger partial charge in [0, 0.05) is 17.4 Å². The number of rotatable bonds is 4. The average Bonchev–Trinajstić information content (AvgIpc) is 2.47. The molecule has 0 atom stereocenters. The Morgan fingerprint density at radius 3 is 2.44 bits per heavy atom. The first-order chi connectivity index (χ1) is 8.76. The van der Waals surface area contributed by atoms with E-state index < -0.39 is 0 Å². The summed E-state index contributed by atoms with van der Waals surface area (Å²) in [6, 6.07) is 9.44. The van der Waals surface area contributed by atoms with Crippen LogP contribution in [0.1, 0.15) is 42.5 Å². The number of hydrogen-bond donors (Lipinski definition) is 1. The molecule has 1 aromatic rings. The molecule has 1 aliphatic carbocycles. The summed E-state index contributed by atoms with van der Waals surface area (Å²) in [5, 5.41) is 4.07. The Kier molecular flexibility index (Phi) is 4.81. The van der Waals surface area contributed by atoms with Gasteiger partial charge in [0.1, 0.15) is 0 Å². The Hall–Kier alpha value is -0.830. The van der Waals surface area contributed by atoms with Crippen LogP contribution in [-0.4, -0.2) is 17.8 Å². The monoisotopic (exact) mass is 309 g/mol. The maximum atomic E-state index is 12.0. The van der Waals surface area contributed by atoms with Gasteiger partial charge in [-0.15, -0.1) is 0 Å². The zero-order valence-corrected chi connectivity index (χ0v) is 12.2. The second-order valence-electron chi connectivity index (χ2n) is 5.24. The van der Waals surface area contributed by atoms with Crippen molar-refractivity contribution in [1.82, 2.24) is 5.32 Å². The van der Waals surface area contributed by atoms with Crippen molar-refractivity contribution < 1.29 is 4.79 Å². The second kappa shape index (κ2) is 6.37. The van der Waals surface area contributed by atoms with Gasteiger partial charge in [-0.25, -0.2) is 0 Å². The van der Waals surface area contributed by atoms with Gasteiger partial charge in [-0.2, -0.15) is 0 Å². The third kappa shape index (κ3) is 3.35. The van der Waals surface area contributed by atoms with E-state index >= 15 is 0 Å². The van der Waals surface area contributed by atoms with Crippen LogP contribution in [0.5, 0.6) is 0 Å². The third-order valence-electron chi connectivity index (χ3n) is 3.86. The van der Waals surface area contributed by atoms with Crippen LogP contribution in [-0.2, 0) is 0 Å². The summed E-state index contributed by atoms with van der Waals surface area (Å²) in [4.78, 5) is 12.0. The van der Waals surface area contributed by atoms with Crippen LogP contribution in [0, 0.1) is 5.41 Å². The quantitative estimate of drug-likeness (QED) is 0.843. The molecule has 1 fully saturated rings. The van der Waals surface area contributed by atoms with Crippen molar-refractivity contribution in [3.63, 3.8) is 0 Å². The molecule has 0 bridgehead atoms. The van der Waals surface area contributed by atoms with Gasteiger partial charge in [0.2, 0.25) is 0 Å². The van der Waals surface area contributed by atoms with Gasteiger partial charge in [0.05, 0.1) is 0 Å². The first-order valence-corrected chi connectivity index (χ1v) is 7.77. The lowest BCUT2D eigenvalue weighted by molar-refractivity contribution is 0.0922. The Morgan fingerprint density at radius 2 is 1.83 bits per heavy atom. The first-order valence-electron chi connectivity index (χ1n) is 6.65. The van der Waals surface area contributed by atoms with Crippen molar-refractivity contribution in [3.8, 4) is 0 Å². The number of nitrogens with one attached hydrogen (secondary N) is 1. The van der Waals surface area contributed by atoms with E-state index in [9.17, 15) is 4.79 Å². The van der Waals surface area contributed by atoms with Crippen LogP contribution < -0.4 is 5.32 Å². The summed E-state index contributed by atoms with van der Waals surface area (Å²) >= 11 is 3.62. The summed E-state index contributed by atoms with van der Waals surface area (Å²) in [6.07, 6.45) is 6.33. The van der Waals surface area contributed by atoms with E-state index in [2.05, 4.69) is 21.2 Å². The topological polar surface area (TPSA) is 29.1 Å². The van der Waals surface area contributed by atoms with E-state index in [-0.39, 0.29) is 11.3 Å². The molecule has 0 spiro atoms. The van der Waals surface area contributed by atoms with Gasteiger partial charge >= 0.3 is 0 Å². The number of hydrogen-bond acceptors (Lipinski definition) is 1. The van der Waals surface area contributed by atoms with Crippen molar-refractivity contribution in [1.29, 1.82) is 0 Å². The fraction of sp³-hybridized carbons (Fsp3) is 0.533. The lowest BCUT2D eigenvalue weighted by atomic mass is 9.75. The maximum Gasteiger partial charge on any atom is 0.251 e. The molecule has 0 aromatic heterocycles. The van der Waals surface area contributed by atoms with E-state index in [1.165, 1.54) is 32.1 Å². The molecule has 1 amide bonds. The largest absolute Gasteiger partial charge is 0.351 e. The van der Waals surface area contributed by atoms with Crippen LogP contribution in [0.2, 0.25) is 0 Å². The molecule has 1 aromatic carbocycles. The lowest BCUT2D eigenvalue weighted by Gasteiger charge is -2.35. The van der Waals surface area contributed by atoms with Crippen molar-refractivity contribution in [2.75, 3.05) is 11.9 Å². The number of halogens is 1. The molecule has 0 aliphatic heterocycles. The summed E-state index contributed by atoms with van der Waals surface area (Å²) in [7, 11) is 0. The minimum atomic E-state index is 0.0431. The number of amides is 1. The molecule has 1 aliphatic rings. The molecule has 18 heavy (non-hydrogen) atoms. The molecule has 0 saturated heterocycles. The van der Waals surface area contributed by atoms with Crippen LogP contribution in [0.15, 0.2) is 30.3 Å². The molecule has 0 radical (unpaired) electrons. The van der Waals surface area contributed by atoms with Crippen LogP contribution in [0.4, 0.5) is 0 Å². The van der Waals surface area contributed by atoms with Crippen molar-refractivity contribution in [2.24, 2.45) is 5.41 Å². The molecule has 1 N–H and O–H groups in total. The van der Waals surface area contributed by atoms with Gasteiger partial charge in [0.25, 0.3) is 5.91 Å². The lowest BCUT2D eigenvalue weighted by Crippen LogP contribution is -2.40. The van der Waals surface area contributed by atoms with E-state index in [1.807, 2.05) is 30.3 Å². The van der Waals surface area contributed by atoms with Crippen molar-refractivity contribution in [2.45, 2.75) is 32.1 Å². The Balaban J connectivity index is 1.92. The number of benzene rings is 1. The molecule has 98 valence electrons. The fourth-order valence-corrected chi connectivity index (χ4v) is 3.38. The Morgan fingerprint density at radius 1 is 1.17 bits per heavy atom. The van der Waals surface area contributed by atoms with Crippen LogP contribution in [0.3, 0.4) is 0 Å². The SMILES string of the molecule is O=C(NCC1(CBr)CCCCC1)c1ccccc1. The molecule has 0 unspecified atom stereocenters. The highest BCUT2D eigenvalue weighted by molar-refractivity contribution is 9.09. The van der Waals surface area contributed by atoms with E-state index in [4.69, 9.17) is 0 Å². The molecule has 0 heterocycles. The smallest absolute Gasteiger partial charge is 0.251 e. The number of alkyl halides is 1.